The number of rotatable bonds is 6. The van der Waals surface area contributed by atoms with Crippen LogP contribution >= 0.6 is 0 Å². The summed E-state index contributed by atoms with van der Waals surface area (Å²) in [5, 5.41) is 14.5. The Hall–Kier alpha value is -2.94. The highest BCUT2D eigenvalue weighted by atomic mass is 16.5. The minimum Gasteiger partial charge on any atom is -0.344 e. The zero-order chi connectivity index (χ0) is 24.9. The van der Waals surface area contributed by atoms with Crippen molar-refractivity contribution in [3.63, 3.8) is 0 Å². The molecule has 1 fully saturated rings. The zero-order valence-electron chi connectivity index (χ0n) is 20.3. The molecule has 1 heterocycles. The highest BCUT2D eigenvalue weighted by Gasteiger charge is 2.28. The second-order valence-electron chi connectivity index (χ2n) is 9.08. The van der Waals surface area contributed by atoms with Crippen molar-refractivity contribution >= 4 is 29.3 Å². The summed E-state index contributed by atoms with van der Waals surface area (Å²) < 4.78 is 0. The lowest BCUT2D eigenvalue weighted by atomic mass is 9.94. The van der Waals surface area contributed by atoms with Gasteiger partial charge in [-0.3, -0.25) is 24.4 Å². The van der Waals surface area contributed by atoms with E-state index in [9.17, 15) is 19.2 Å². The van der Waals surface area contributed by atoms with Gasteiger partial charge in [-0.05, 0) is 43.4 Å². The first-order valence-corrected chi connectivity index (χ1v) is 12.1. The van der Waals surface area contributed by atoms with E-state index in [-0.39, 0.29) is 24.1 Å². The first-order valence-electron chi connectivity index (χ1n) is 12.1. The van der Waals surface area contributed by atoms with Gasteiger partial charge in [0, 0.05) is 38.5 Å². The average molecular weight is 475 g/mol. The number of anilines is 1. The predicted molar refractivity (Wildman–Crippen MR) is 129 cm³/mol. The van der Waals surface area contributed by atoms with E-state index in [0.29, 0.717) is 31.5 Å². The van der Waals surface area contributed by atoms with Gasteiger partial charge < -0.3 is 15.5 Å². The Bertz CT molecular complexity index is 827. The lowest BCUT2D eigenvalue weighted by Gasteiger charge is -2.27. The third-order valence-corrected chi connectivity index (χ3v) is 6.21. The maximum Gasteiger partial charge on any atom is 0.244 e. The maximum absolute atomic E-state index is 13.2. The molecule has 4 N–H and O–H groups in total. The van der Waals surface area contributed by atoms with Gasteiger partial charge in [0.05, 0.1) is 0 Å². The summed E-state index contributed by atoms with van der Waals surface area (Å²) in [6.07, 6.45) is 7.28. The quantitative estimate of drug-likeness (QED) is 0.372. The van der Waals surface area contributed by atoms with Crippen LogP contribution in [0.4, 0.5) is 5.69 Å². The molecule has 2 unspecified atom stereocenters. The van der Waals surface area contributed by atoms with Gasteiger partial charge in [-0.25, -0.2) is 5.48 Å². The largest absolute Gasteiger partial charge is 0.344 e. The fraction of sp³-hybridized carbons (Fsp3) is 0.600. The van der Waals surface area contributed by atoms with Gasteiger partial charge in [-0.15, -0.1) is 0 Å². The Morgan fingerprint density at radius 3 is 2.35 bits per heavy atom. The second-order valence-corrected chi connectivity index (χ2v) is 9.08. The highest BCUT2D eigenvalue weighted by molar-refractivity contribution is 5.90. The number of hydroxylamine groups is 1. The van der Waals surface area contributed by atoms with Gasteiger partial charge >= 0.3 is 0 Å². The first kappa shape index (κ1) is 27.3. The number of carbonyl (C=O) groups is 4. The minimum atomic E-state index is -0.713. The van der Waals surface area contributed by atoms with Crippen LogP contribution in [-0.2, 0) is 25.6 Å². The summed E-state index contributed by atoms with van der Waals surface area (Å²) in [6.45, 7) is 2.08. The summed E-state index contributed by atoms with van der Waals surface area (Å²) in [5.74, 6) is -1.85. The molecule has 1 aromatic rings. The summed E-state index contributed by atoms with van der Waals surface area (Å²) in [6, 6.07) is 6.67. The molecule has 1 aliphatic heterocycles. The van der Waals surface area contributed by atoms with E-state index >= 15 is 0 Å². The fourth-order valence-corrected chi connectivity index (χ4v) is 4.23. The minimum absolute atomic E-state index is 0.121. The molecule has 34 heavy (non-hydrogen) atoms. The summed E-state index contributed by atoms with van der Waals surface area (Å²) in [7, 11) is 1.76. The van der Waals surface area contributed by atoms with Gasteiger partial charge in [-0.2, -0.15) is 0 Å². The molecule has 0 bridgehead atoms. The van der Waals surface area contributed by atoms with Crippen LogP contribution in [0, 0.1) is 5.92 Å². The molecule has 1 aliphatic rings. The zero-order valence-corrected chi connectivity index (χ0v) is 20.3. The van der Waals surface area contributed by atoms with Crippen molar-refractivity contribution in [3.8, 4) is 0 Å². The van der Waals surface area contributed by atoms with Crippen molar-refractivity contribution < 1.29 is 24.4 Å². The number of nitrogens with one attached hydrogen (secondary N) is 3. The van der Waals surface area contributed by atoms with E-state index in [0.717, 1.165) is 44.1 Å². The number of benzene rings is 1. The molecule has 0 aromatic heterocycles. The monoisotopic (exact) mass is 474 g/mol. The molecule has 2 atom stereocenters. The van der Waals surface area contributed by atoms with Crippen molar-refractivity contribution in [2.75, 3.05) is 18.9 Å². The number of aryl methyl sites for hydroxylation is 1. The van der Waals surface area contributed by atoms with Crippen LogP contribution in [0.2, 0.25) is 0 Å². The number of likely N-dealkylation sites (N-methyl/N-ethyl adjacent to an activating group) is 1. The third kappa shape index (κ3) is 9.51. The molecule has 9 nitrogen and oxygen atoms in total. The Kier molecular flexibility index (Phi) is 11.5. The molecule has 1 aromatic carbocycles. The Labute approximate surface area is 201 Å². The second kappa shape index (κ2) is 14.3. The molecule has 0 saturated carbocycles. The van der Waals surface area contributed by atoms with Crippen LogP contribution in [0.5, 0.6) is 0 Å². The van der Waals surface area contributed by atoms with E-state index in [4.69, 9.17) is 5.21 Å². The number of carbonyl (C=O) groups excluding carboxylic acids is 4. The third-order valence-electron chi connectivity index (χ3n) is 6.21. The van der Waals surface area contributed by atoms with E-state index in [2.05, 4.69) is 10.6 Å². The number of hydrogen-bond acceptors (Lipinski definition) is 5. The van der Waals surface area contributed by atoms with Crippen LogP contribution in [0.25, 0.3) is 0 Å². The van der Waals surface area contributed by atoms with Crippen molar-refractivity contribution in [3.05, 3.63) is 29.8 Å². The Morgan fingerprint density at radius 1 is 1.06 bits per heavy atom. The predicted octanol–water partition coefficient (Wildman–Crippen LogP) is 2.78. The molecule has 1 saturated heterocycles. The van der Waals surface area contributed by atoms with Gasteiger partial charge in [0.15, 0.2) is 0 Å². The molecule has 2 rings (SSSR count). The summed E-state index contributed by atoms with van der Waals surface area (Å²) in [5.41, 5.74) is 3.29. The van der Waals surface area contributed by atoms with Crippen LogP contribution in [0.3, 0.4) is 0 Å². The lowest BCUT2D eigenvalue weighted by molar-refractivity contribution is -0.138. The van der Waals surface area contributed by atoms with Crippen molar-refractivity contribution in [2.24, 2.45) is 5.92 Å². The van der Waals surface area contributed by atoms with Gasteiger partial charge in [0.2, 0.25) is 23.6 Å². The van der Waals surface area contributed by atoms with E-state index in [1.165, 1.54) is 6.92 Å². The van der Waals surface area contributed by atoms with Crippen LogP contribution in [0.15, 0.2) is 24.3 Å². The van der Waals surface area contributed by atoms with E-state index in [1.54, 1.807) is 29.6 Å². The van der Waals surface area contributed by atoms with E-state index < -0.39 is 17.9 Å². The van der Waals surface area contributed by atoms with Crippen molar-refractivity contribution in [1.29, 1.82) is 0 Å². The molecule has 0 aliphatic carbocycles. The first-order chi connectivity index (χ1) is 16.3. The lowest BCUT2D eigenvalue weighted by Crippen LogP contribution is -2.49. The maximum atomic E-state index is 13.2. The average Bonchev–Trinajstić information content (AvgIpc) is 2.81. The Morgan fingerprint density at radius 2 is 1.71 bits per heavy atom. The highest BCUT2D eigenvalue weighted by Crippen LogP contribution is 2.18. The smallest absolute Gasteiger partial charge is 0.244 e. The Balaban J connectivity index is 2.13. The van der Waals surface area contributed by atoms with Crippen molar-refractivity contribution in [2.45, 2.75) is 77.2 Å². The molecule has 9 heteroatoms. The standard InChI is InChI=1S/C25H38N4O5/c1-18(30)26-21-13-10-19(11-14-21)12-15-22-25(33)29(2)16-8-6-4-3-5-7-9-20(24(32)27-22)17-23(31)28-34/h10-11,13-14,20,22,34H,3-9,12,15-17H2,1-2H3,(H,26,30)(H,27,32)(H,28,31). The molecule has 0 radical (unpaired) electrons. The molecule has 188 valence electrons. The summed E-state index contributed by atoms with van der Waals surface area (Å²) >= 11 is 0. The molecule has 0 spiro atoms. The SMILES string of the molecule is CC(=O)Nc1ccc(CCC2NC(=O)C(CC(=O)NO)CCCCCCCCN(C)C2=O)cc1. The van der Waals surface area contributed by atoms with Crippen LogP contribution < -0.4 is 16.1 Å². The molecule has 4 amide bonds. The van der Waals surface area contributed by atoms with Crippen LogP contribution in [-0.4, -0.2) is 53.4 Å². The van der Waals surface area contributed by atoms with E-state index in [1.807, 2.05) is 12.1 Å². The number of hydrogen-bond donors (Lipinski definition) is 4. The topological polar surface area (TPSA) is 128 Å². The molecular formula is C25H38N4O5. The van der Waals surface area contributed by atoms with Gasteiger partial charge in [-0.1, -0.05) is 44.2 Å². The van der Waals surface area contributed by atoms with Crippen molar-refractivity contribution in [1.82, 2.24) is 15.7 Å². The molecular weight excluding hydrogens is 436 g/mol. The van der Waals surface area contributed by atoms with Gasteiger partial charge in [0.1, 0.15) is 6.04 Å². The number of amides is 4. The fourth-order valence-electron chi connectivity index (χ4n) is 4.23. The summed E-state index contributed by atoms with van der Waals surface area (Å²) in [4.78, 5) is 50.9. The number of nitrogens with zero attached hydrogens (tertiary/aromatic N) is 1. The van der Waals surface area contributed by atoms with Gasteiger partial charge in [0.25, 0.3) is 0 Å². The van der Waals surface area contributed by atoms with Crippen LogP contribution in [0.1, 0.15) is 70.3 Å². The normalized spacial score (nSPS) is 20.7.